The third-order valence-corrected chi connectivity index (χ3v) is 2.99. The minimum absolute atomic E-state index is 0.396. The van der Waals surface area contributed by atoms with Gasteiger partial charge >= 0.3 is 0 Å². The van der Waals surface area contributed by atoms with Gasteiger partial charge in [0.1, 0.15) is 5.75 Å². The quantitative estimate of drug-likeness (QED) is 0.709. The van der Waals surface area contributed by atoms with E-state index in [1.165, 1.54) is 24.8 Å². The summed E-state index contributed by atoms with van der Waals surface area (Å²) < 4.78 is 0. The summed E-state index contributed by atoms with van der Waals surface area (Å²) in [5, 5.41) is 9.30. The maximum atomic E-state index is 9.30. The fourth-order valence-corrected chi connectivity index (χ4v) is 1.83. The number of benzene rings is 1. The largest absolute Gasteiger partial charge is 0.508 e. The van der Waals surface area contributed by atoms with E-state index in [4.69, 9.17) is 0 Å². The predicted molar refractivity (Wildman–Crippen MR) is 49.3 cm³/mol. The zero-order valence-corrected chi connectivity index (χ0v) is 7.38. The summed E-state index contributed by atoms with van der Waals surface area (Å²) in [6, 6.07) is 7.68. The zero-order chi connectivity index (χ0) is 8.60. The van der Waals surface area contributed by atoms with E-state index in [9.17, 15) is 5.11 Å². The van der Waals surface area contributed by atoms with Crippen LogP contribution in [0.1, 0.15) is 31.7 Å². The van der Waals surface area contributed by atoms with Crippen LogP contribution in [0.4, 0.5) is 0 Å². The molecule has 0 saturated heterocycles. The maximum Gasteiger partial charge on any atom is 0.115 e. The van der Waals surface area contributed by atoms with Gasteiger partial charge in [-0.3, -0.25) is 0 Å². The molecular weight excluding hydrogens is 148 g/mol. The van der Waals surface area contributed by atoms with Crippen molar-refractivity contribution in [1.82, 2.24) is 0 Å². The molecule has 1 aromatic rings. The number of rotatable bonds is 2. The first-order chi connectivity index (χ1) is 5.77. The lowest BCUT2D eigenvalue weighted by atomic mass is 9.93. The average molecular weight is 162 g/mol. The number of phenols is 1. The lowest BCUT2D eigenvalue weighted by molar-refractivity contribution is 0.473. The van der Waals surface area contributed by atoms with Gasteiger partial charge in [0.15, 0.2) is 0 Å². The lowest BCUT2D eigenvalue weighted by Crippen LogP contribution is -2.03. The predicted octanol–water partition coefficient (Wildman–Crippen LogP) is 2.83. The smallest absolute Gasteiger partial charge is 0.115 e. The van der Waals surface area contributed by atoms with Gasteiger partial charge in [-0.2, -0.15) is 0 Å². The molecule has 0 amide bonds. The topological polar surface area (TPSA) is 20.2 Å². The second-order valence-electron chi connectivity index (χ2n) is 3.68. The highest BCUT2D eigenvalue weighted by atomic mass is 16.3. The molecule has 0 unspecified atom stereocenters. The van der Waals surface area contributed by atoms with Gasteiger partial charge < -0.3 is 5.11 Å². The number of aromatic hydroxyl groups is 1. The van der Waals surface area contributed by atoms with E-state index in [-0.39, 0.29) is 0 Å². The van der Waals surface area contributed by atoms with Crippen LogP contribution in [0.2, 0.25) is 0 Å². The molecule has 0 aliphatic heterocycles. The van der Waals surface area contributed by atoms with Crippen LogP contribution in [0.3, 0.4) is 0 Å². The van der Waals surface area contributed by atoms with E-state index in [0.29, 0.717) is 11.2 Å². The van der Waals surface area contributed by atoms with Crippen LogP contribution >= 0.6 is 0 Å². The molecule has 2 rings (SSSR count). The minimum atomic E-state index is 0.396. The van der Waals surface area contributed by atoms with Crippen molar-refractivity contribution in [2.45, 2.75) is 31.6 Å². The van der Waals surface area contributed by atoms with E-state index >= 15 is 0 Å². The van der Waals surface area contributed by atoms with Crippen LogP contribution in [0.25, 0.3) is 0 Å². The Hall–Kier alpha value is -0.980. The first-order valence-corrected chi connectivity index (χ1v) is 4.56. The molecule has 1 aromatic carbocycles. The molecule has 1 N–H and O–H groups in total. The van der Waals surface area contributed by atoms with Crippen molar-refractivity contribution < 1.29 is 5.11 Å². The Bertz CT molecular complexity index is 287. The van der Waals surface area contributed by atoms with E-state index < -0.39 is 0 Å². The molecule has 0 aromatic heterocycles. The Morgan fingerprint density at radius 2 is 2.17 bits per heavy atom. The Labute approximate surface area is 73.0 Å². The molecule has 1 saturated carbocycles. The zero-order valence-electron chi connectivity index (χ0n) is 7.38. The Morgan fingerprint density at radius 1 is 1.42 bits per heavy atom. The minimum Gasteiger partial charge on any atom is -0.508 e. The number of hydrogen-bond donors (Lipinski definition) is 1. The average Bonchev–Trinajstić information content (AvgIpc) is 2.84. The summed E-state index contributed by atoms with van der Waals surface area (Å²) in [4.78, 5) is 0. The summed E-state index contributed by atoms with van der Waals surface area (Å²) >= 11 is 0. The van der Waals surface area contributed by atoms with E-state index in [2.05, 4.69) is 13.0 Å². The molecule has 1 aliphatic carbocycles. The van der Waals surface area contributed by atoms with Gasteiger partial charge in [-0.1, -0.05) is 19.1 Å². The van der Waals surface area contributed by atoms with Crippen LogP contribution in [0, 0.1) is 0 Å². The molecule has 12 heavy (non-hydrogen) atoms. The van der Waals surface area contributed by atoms with Crippen LogP contribution in [-0.4, -0.2) is 5.11 Å². The molecule has 1 aliphatic rings. The van der Waals surface area contributed by atoms with Crippen molar-refractivity contribution in [1.29, 1.82) is 0 Å². The van der Waals surface area contributed by atoms with Crippen LogP contribution in [0.5, 0.6) is 5.75 Å². The molecule has 0 spiro atoms. The molecule has 0 heterocycles. The van der Waals surface area contributed by atoms with Gasteiger partial charge in [-0.15, -0.1) is 0 Å². The first-order valence-electron chi connectivity index (χ1n) is 4.56. The van der Waals surface area contributed by atoms with Gasteiger partial charge in [0, 0.05) is 0 Å². The number of hydrogen-bond acceptors (Lipinski definition) is 1. The molecule has 64 valence electrons. The summed E-state index contributed by atoms with van der Waals surface area (Å²) in [7, 11) is 0. The van der Waals surface area contributed by atoms with E-state index in [0.717, 1.165) is 0 Å². The van der Waals surface area contributed by atoms with Crippen molar-refractivity contribution in [3.8, 4) is 5.75 Å². The van der Waals surface area contributed by atoms with Gasteiger partial charge in [0.25, 0.3) is 0 Å². The van der Waals surface area contributed by atoms with Crippen molar-refractivity contribution in [2.75, 3.05) is 0 Å². The second-order valence-corrected chi connectivity index (χ2v) is 3.68. The van der Waals surface area contributed by atoms with Crippen molar-refractivity contribution in [3.63, 3.8) is 0 Å². The van der Waals surface area contributed by atoms with Crippen LogP contribution in [-0.2, 0) is 5.41 Å². The highest BCUT2D eigenvalue weighted by molar-refractivity contribution is 5.36. The van der Waals surface area contributed by atoms with E-state index in [1.54, 1.807) is 6.07 Å². The monoisotopic (exact) mass is 162 g/mol. The molecule has 1 nitrogen and oxygen atoms in total. The first kappa shape index (κ1) is 7.66. The maximum absolute atomic E-state index is 9.30. The third-order valence-electron chi connectivity index (χ3n) is 2.99. The third kappa shape index (κ3) is 1.09. The molecule has 1 fully saturated rings. The Kier molecular flexibility index (Phi) is 1.60. The molecule has 0 radical (unpaired) electrons. The Balaban J connectivity index is 2.34. The van der Waals surface area contributed by atoms with Crippen molar-refractivity contribution >= 4 is 0 Å². The standard InChI is InChI=1S/C11H14O/c1-2-11(6-7-11)9-4-3-5-10(12)8-9/h3-5,8,12H,2,6-7H2,1H3. The summed E-state index contributed by atoms with van der Waals surface area (Å²) in [5.41, 5.74) is 1.73. The molecule has 0 bridgehead atoms. The van der Waals surface area contributed by atoms with Crippen molar-refractivity contribution in [3.05, 3.63) is 29.8 Å². The number of phenolic OH excluding ortho intramolecular Hbond substituents is 1. The summed E-state index contributed by atoms with van der Waals surface area (Å²) in [6.45, 7) is 2.22. The Morgan fingerprint density at radius 3 is 2.67 bits per heavy atom. The summed E-state index contributed by atoms with van der Waals surface area (Å²) in [5.74, 6) is 0.396. The van der Waals surface area contributed by atoms with E-state index in [1.807, 2.05) is 12.1 Å². The SMILES string of the molecule is CCC1(c2cccc(O)c2)CC1. The molecule has 1 heteroatoms. The second kappa shape index (κ2) is 2.51. The van der Waals surface area contributed by atoms with Gasteiger partial charge in [-0.25, -0.2) is 0 Å². The fraction of sp³-hybridized carbons (Fsp3) is 0.455. The molecular formula is C11H14O. The van der Waals surface area contributed by atoms with Crippen molar-refractivity contribution in [2.24, 2.45) is 0 Å². The normalized spacial score (nSPS) is 19.1. The van der Waals surface area contributed by atoms with Crippen LogP contribution in [0.15, 0.2) is 24.3 Å². The highest BCUT2D eigenvalue weighted by Gasteiger charge is 2.42. The highest BCUT2D eigenvalue weighted by Crippen LogP contribution is 2.51. The molecule has 0 atom stereocenters. The fourth-order valence-electron chi connectivity index (χ4n) is 1.83. The van der Waals surface area contributed by atoms with Gasteiger partial charge in [0.05, 0.1) is 0 Å². The lowest BCUT2D eigenvalue weighted by Gasteiger charge is -2.12. The summed E-state index contributed by atoms with van der Waals surface area (Å²) in [6.07, 6.45) is 3.76. The van der Waals surface area contributed by atoms with Crippen LogP contribution < -0.4 is 0 Å². The van der Waals surface area contributed by atoms with Gasteiger partial charge in [-0.05, 0) is 42.4 Å². The van der Waals surface area contributed by atoms with Gasteiger partial charge in [0.2, 0.25) is 0 Å².